The fourth-order valence-electron chi connectivity index (χ4n) is 3.83. The van der Waals surface area contributed by atoms with Gasteiger partial charge in [-0.25, -0.2) is 4.79 Å². The monoisotopic (exact) mass is 539 g/mol. The molecule has 2 heterocycles. The molecular formula is C23H20F3N3O7S. The summed E-state index contributed by atoms with van der Waals surface area (Å²) in [5, 5.41) is 3.30. The van der Waals surface area contributed by atoms with Crippen molar-refractivity contribution in [1.82, 2.24) is 4.98 Å². The van der Waals surface area contributed by atoms with Crippen LogP contribution in [0.1, 0.15) is 15.9 Å². The molecule has 1 aliphatic rings. The van der Waals surface area contributed by atoms with Crippen LogP contribution in [0, 0.1) is 6.92 Å². The number of aromatic amines is 1. The smallest absolute Gasteiger partial charge is 0.378 e. The molecule has 10 nitrogen and oxygen atoms in total. The number of hydrogen-bond acceptors (Lipinski definition) is 8. The van der Waals surface area contributed by atoms with E-state index < -0.39 is 33.1 Å². The molecule has 2 aromatic carbocycles. The fourth-order valence-corrected chi connectivity index (χ4v) is 4.71. The molecule has 1 aliphatic heterocycles. The molecule has 0 aliphatic carbocycles. The van der Waals surface area contributed by atoms with Crippen LogP contribution in [0.2, 0.25) is 0 Å². The number of alkyl halides is 3. The van der Waals surface area contributed by atoms with Gasteiger partial charge in [0, 0.05) is 41.4 Å². The Morgan fingerprint density at radius 2 is 1.78 bits per heavy atom. The number of carbonyl (C=O) groups is 2. The molecule has 1 aromatic heterocycles. The van der Waals surface area contributed by atoms with E-state index in [1.807, 2.05) is 0 Å². The van der Waals surface area contributed by atoms with Crippen molar-refractivity contribution in [3.63, 3.8) is 0 Å². The van der Waals surface area contributed by atoms with E-state index in [-0.39, 0.29) is 11.1 Å². The zero-order valence-corrected chi connectivity index (χ0v) is 20.0. The quantitative estimate of drug-likeness (QED) is 0.473. The van der Waals surface area contributed by atoms with Gasteiger partial charge in [0.2, 0.25) is 5.56 Å². The van der Waals surface area contributed by atoms with Gasteiger partial charge in [0.1, 0.15) is 4.90 Å². The van der Waals surface area contributed by atoms with Gasteiger partial charge in [-0.05, 0) is 48.9 Å². The first kappa shape index (κ1) is 26.2. The maximum Gasteiger partial charge on any atom is 0.492 e. The summed E-state index contributed by atoms with van der Waals surface area (Å²) in [7, 11) is -5.18. The van der Waals surface area contributed by atoms with Crippen LogP contribution in [0.5, 0.6) is 0 Å². The number of fused-ring (bicyclic) bond motifs is 1. The van der Waals surface area contributed by atoms with E-state index in [0.717, 1.165) is 12.1 Å². The van der Waals surface area contributed by atoms with Gasteiger partial charge in [-0.2, -0.15) is 21.6 Å². The number of morpholine rings is 1. The van der Waals surface area contributed by atoms with Gasteiger partial charge in [0.25, 0.3) is 5.91 Å². The van der Waals surface area contributed by atoms with Crippen molar-refractivity contribution in [3.05, 3.63) is 63.9 Å². The molecule has 0 saturated carbocycles. The SMILES string of the molecule is Cc1cc(=O)[nH]c2ccc(NC(=O)c3cc(S(=O)(=O)OC(=O)C(F)(F)F)ccc3N3CCOCC3)cc12. The molecule has 4 rings (SSSR count). The topological polar surface area (TPSA) is 135 Å². The van der Waals surface area contributed by atoms with E-state index in [1.54, 1.807) is 24.0 Å². The highest BCUT2D eigenvalue weighted by atomic mass is 32.2. The zero-order chi connectivity index (χ0) is 27.0. The van der Waals surface area contributed by atoms with Crippen molar-refractivity contribution in [1.29, 1.82) is 0 Å². The number of H-pyrrole nitrogens is 1. The maximum atomic E-state index is 13.3. The first-order chi connectivity index (χ1) is 17.3. The molecule has 1 fully saturated rings. The Labute approximate surface area is 208 Å². The highest BCUT2D eigenvalue weighted by molar-refractivity contribution is 7.87. The normalized spacial score (nSPS) is 14.4. The molecule has 1 saturated heterocycles. The molecule has 14 heteroatoms. The molecule has 37 heavy (non-hydrogen) atoms. The predicted molar refractivity (Wildman–Crippen MR) is 126 cm³/mol. The number of nitrogens with zero attached hydrogens (tertiary/aromatic N) is 1. The Kier molecular flexibility index (Phi) is 6.97. The summed E-state index contributed by atoms with van der Waals surface area (Å²) >= 11 is 0. The number of benzene rings is 2. The minimum absolute atomic E-state index is 0.177. The van der Waals surface area contributed by atoms with Crippen LogP contribution in [0.15, 0.2) is 52.2 Å². The van der Waals surface area contributed by atoms with E-state index in [9.17, 15) is 36.0 Å². The fraction of sp³-hybridized carbons (Fsp3) is 0.261. The highest BCUT2D eigenvalue weighted by Gasteiger charge is 2.44. The number of aromatic nitrogens is 1. The molecular weight excluding hydrogens is 519 g/mol. The average Bonchev–Trinajstić information content (AvgIpc) is 2.83. The van der Waals surface area contributed by atoms with Gasteiger partial charge in [-0.1, -0.05) is 0 Å². The zero-order valence-electron chi connectivity index (χ0n) is 19.2. The third-order valence-electron chi connectivity index (χ3n) is 5.58. The van der Waals surface area contributed by atoms with Gasteiger partial charge in [-0.15, -0.1) is 0 Å². The summed E-state index contributed by atoms with van der Waals surface area (Å²) in [5.74, 6) is -3.66. The van der Waals surface area contributed by atoms with Crippen molar-refractivity contribution in [3.8, 4) is 0 Å². The summed E-state index contributed by atoms with van der Waals surface area (Å²) in [6.45, 7) is 3.14. The minimum Gasteiger partial charge on any atom is -0.378 e. The Balaban J connectivity index is 1.72. The van der Waals surface area contributed by atoms with Crippen molar-refractivity contribution in [2.45, 2.75) is 18.0 Å². The van der Waals surface area contributed by atoms with Crippen molar-refractivity contribution >= 4 is 44.3 Å². The van der Waals surface area contributed by atoms with Gasteiger partial charge < -0.3 is 24.1 Å². The van der Waals surface area contributed by atoms with E-state index in [2.05, 4.69) is 14.5 Å². The number of carbonyl (C=O) groups excluding carboxylic acids is 2. The molecule has 196 valence electrons. The minimum atomic E-state index is -5.53. The molecule has 0 bridgehead atoms. The van der Waals surface area contributed by atoms with Crippen molar-refractivity contribution < 1.29 is 40.1 Å². The maximum absolute atomic E-state index is 13.3. The second kappa shape index (κ2) is 9.86. The number of nitrogens with one attached hydrogen (secondary N) is 2. The number of aryl methyl sites for hydroxylation is 1. The molecule has 1 amide bonds. The average molecular weight is 539 g/mol. The summed E-state index contributed by atoms with van der Waals surface area (Å²) in [5.41, 5.74) is 1.35. The third-order valence-corrected chi connectivity index (χ3v) is 6.78. The number of halogens is 3. The highest BCUT2D eigenvalue weighted by Crippen LogP contribution is 2.29. The Bertz CT molecular complexity index is 1550. The first-order valence-corrected chi connectivity index (χ1v) is 12.2. The van der Waals surface area contributed by atoms with Gasteiger partial charge in [0.15, 0.2) is 0 Å². The molecule has 0 radical (unpaired) electrons. The summed E-state index contributed by atoms with van der Waals surface area (Å²) in [6, 6.07) is 9.16. The lowest BCUT2D eigenvalue weighted by atomic mass is 10.1. The molecule has 0 spiro atoms. The van der Waals surface area contributed by atoms with Crippen LogP contribution in [-0.2, 0) is 23.8 Å². The summed E-state index contributed by atoms with van der Waals surface area (Å²) < 4.78 is 71.5. The molecule has 0 unspecified atom stereocenters. The number of pyridine rings is 1. The predicted octanol–water partition coefficient (Wildman–Crippen LogP) is 2.72. The third kappa shape index (κ3) is 5.75. The first-order valence-electron chi connectivity index (χ1n) is 10.8. The van der Waals surface area contributed by atoms with Crippen LogP contribution in [0.3, 0.4) is 0 Å². The Morgan fingerprint density at radius 3 is 2.46 bits per heavy atom. The lowest BCUT2D eigenvalue weighted by Gasteiger charge is -2.30. The van der Waals surface area contributed by atoms with E-state index >= 15 is 0 Å². The molecule has 3 aromatic rings. The lowest BCUT2D eigenvalue weighted by Crippen LogP contribution is -2.37. The van der Waals surface area contributed by atoms with Gasteiger partial charge in [-0.3, -0.25) is 9.59 Å². The van der Waals surface area contributed by atoms with E-state index in [0.29, 0.717) is 54.1 Å². The van der Waals surface area contributed by atoms with Crippen LogP contribution < -0.4 is 15.8 Å². The van der Waals surface area contributed by atoms with Crippen LogP contribution in [0.25, 0.3) is 10.9 Å². The largest absolute Gasteiger partial charge is 0.492 e. The number of hydrogen-bond donors (Lipinski definition) is 2. The summed E-state index contributed by atoms with van der Waals surface area (Å²) in [6.07, 6.45) is -5.53. The second-order valence-corrected chi connectivity index (χ2v) is 9.68. The van der Waals surface area contributed by atoms with Crippen LogP contribution in [0.4, 0.5) is 24.5 Å². The van der Waals surface area contributed by atoms with Crippen molar-refractivity contribution in [2.24, 2.45) is 0 Å². The standard InChI is InChI=1S/C23H20F3N3O7S/c1-13-10-20(30)28-18-4-2-14(11-16(13)18)27-21(31)17-12-15(37(33,34)36-22(32)23(24,25)26)3-5-19(17)29-6-8-35-9-7-29/h2-5,10-12H,6-9H2,1H3,(H,27,31)(H,28,30). The summed E-state index contributed by atoms with van der Waals surface area (Å²) in [4.78, 5) is 39.7. The Hall–Kier alpha value is -3.91. The van der Waals surface area contributed by atoms with Crippen molar-refractivity contribution in [2.75, 3.05) is 36.5 Å². The van der Waals surface area contributed by atoms with Crippen LogP contribution >= 0.6 is 0 Å². The Morgan fingerprint density at radius 1 is 1.08 bits per heavy atom. The van der Waals surface area contributed by atoms with Gasteiger partial charge >= 0.3 is 22.3 Å². The number of amides is 1. The number of rotatable bonds is 5. The van der Waals surface area contributed by atoms with Crippen LogP contribution in [-0.4, -0.2) is 57.8 Å². The van der Waals surface area contributed by atoms with E-state index in [1.165, 1.54) is 18.2 Å². The molecule has 0 atom stereocenters. The lowest BCUT2D eigenvalue weighted by molar-refractivity contribution is -0.189. The number of anilines is 2. The van der Waals surface area contributed by atoms with E-state index in [4.69, 9.17) is 4.74 Å². The number of ether oxygens (including phenoxy) is 1. The second-order valence-electron chi connectivity index (χ2n) is 8.13. The molecule has 2 N–H and O–H groups in total. The van der Waals surface area contributed by atoms with Gasteiger partial charge in [0.05, 0.1) is 18.8 Å².